The van der Waals surface area contributed by atoms with Gasteiger partial charge in [0.2, 0.25) is 0 Å². The number of para-hydroxylation sites is 1. The van der Waals surface area contributed by atoms with Crippen LogP contribution in [0.4, 0.5) is 11.4 Å². The molecule has 4 nitrogen and oxygen atoms in total. The SMILES string of the molecule is Nc1cccc(C2=NN(c3ccccc3)C(=O)C2)c1. The van der Waals surface area contributed by atoms with Crippen molar-refractivity contribution < 1.29 is 4.79 Å². The molecule has 1 amide bonds. The van der Waals surface area contributed by atoms with E-state index < -0.39 is 0 Å². The van der Waals surface area contributed by atoms with E-state index in [1.807, 2.05) is 54.6 Å². The lowest BCUT2D eigenvalue weighted by Crippen LogP contribution is -2.19. The molecule has 2 aromatic rings. The predicted molar refractivity (Wildman–Crippen MR) is 75.9 cm³/mol. The standard InChI is InChI=1S/C15H13N3O/c16-12-6-4-5-11(9-12)14-10-15(19)18(17-14)13-7-2-1-3-8-13/h1-9H,10,16H2. The summed E-state index contributed by atoms with van der Waals surface area (Å²) in [6.45, 7) is 0. The van der Waals surface area contributed by atoms with E-state index >= 15 is 0 Å². The van der Waals surface area contributed by atoms with Crippen LogP contribution in [0.3, 0.4) is 0 Å². The number of amides is 1. The average Bonchev–Trinajstić information content (AvgIpc) is 2.82. The molecular weight excluding hydrogens is 238 g/mol. The summed E-state index contributed by atoms with van der Waals surface area (Å²) >= 11 is 0. The number of carbonyl (C=O) groups is 1. The van der Waals surface area contributed by atoms with Crippen molar-refractivity contribution >= 4 is 23.0 Å². The fourth-order valence-electron chi connectivity index (χ4n) is 2.08. The van der Waals surface area contributed by atoms with E-state index in [-0.39, 0.29) is 5.91 Å². The third-order valence-electron chi connectivity index (χ3n) is 3.00. The Bertz CT molecular complexity index is 649. The van der Waals surface area contributed by atoms with Gasteiger partial charge in [-0.2, -0.15) is 5.10 Å². The highest BCUT2D eigenvalue weighted by atomic mass is 16.2. The summed E-state index contributed by atoms with van der Waals surface area (Å²) < 4.78 is 0. The highest BCUT2D eigenvalue weighted by molar-refractivity contribution is 6.19. The Hall–Kier alpha value is -2.62. The van der Waals surface area contributed by atoms with Gasteiger partial charge in [-0.15, -0.1) is 0 Å². The lowest BCUT2D eigenvalue weighted by Gasteiger charge is -2.10. The number of rotatable bonds is 2. The number of anilines is 2. The summed E-state index contributed by atoms with van der Waals surface area (Å²) in [4.78, 5) is 12.0. The van der Waals surface area contributed by atoms with Gasteiger partial charge in [0.25, 0.3) is 5.91 Å². The van der Waals surface area contributed by atoms with Crippen molar-refractivity contribution in [1.82, 2.24) is 0 Å². The zero-order valence-corrected chi connectivity index (χ0v) is 10.3. The Morgan fingerprint density at radius 1 is 1.05 bits per heavy atom. The molecule has 2 N–H and O–H groups in total. The zero-order valence-electron chi connectivity index (χ0n) is 10.3. The first kappa shape index (κ1) is 11.5. The van der Waals surface area contributed by atoms with E-state index in [9.17, 15) is 4.79 Å². The topological polar surface area (TPSA) is 58.7 Å². The molecule has 1 aliphatic heterocycles. The van der Waals surface area contributed by atoms with E-state index in [4.69, 9.17) is 5.73 Å². The molecule has 94 valence electrons. The molecule has 0 bridgehead atoms. The number of nitrogens with two attached hydrogens (primary N) is 1. The minimum absolute atomic E-state index is 0.0244. The van der Waals surface area contributed by atoms with Gasteiger partial charge >= 0.3 is 0 Å². The molecule has 19 heavy (non-hydrogen) atoms. The van der Waals surface area contributed by atoms with Crippen LogP contribution >= 0.6 is 0 Å². The second-order valence-corrected chi connectivity index (χ2v) is 4.39. The maximum Gasteiger partial charge on any atom is 0.253 e. The van der Waals surface area contributed by atoms with Gasteiger partial charge in [0, 0.05) is 11.3 Å². The van der Waals surface area contributed by atoms with Gasteiger partial charge in [-0.3, -0.25) is 4.79 Å². The maximum absolute atomic E-state index is 12.0. The van der Waals surface area contributed by atoms with E-state index in [0.717, 1.165) is 17.0 Å². The predicted octanol–water partition coefficient (Wildman–Crippen LogP) is 2.41. The maximum atomic E-state index is 12.0. The first-order chi connectivity index (χ1) is 9.24. The number of hydrogen-bond acceptors (Lipinski definition) is 3. The van der Waals surface area contributed by atoms with Gasteiger partial charge in [-0.05, 0) is 24.3 Å². The molecule has 0 aromatic heterocycles. The molecule has 0 saturated heterocycles. The highest BCUT2D eigenvalue weighted by Gasteiger charge is 2.25. The number of hydrazone groups is 1. The lowest BCUT2D eigenvalue weighted by molar-refractivity contribution is -0.116. The summed E-state index contributed by atoms with van der Waals surface area (Å²) in [5, 5.41) is 5.84. The molecule has 0 atom stereocenters. The van der Waals surface area contributed by atoms with Crippen LogP contribution in [0.25, 0.3) is 0 Å². The van der Waals surface area contributed by atoms with Crippen LogP contribution < -0.4 is 10.7 Å². The van der Waals surface area contributed by atoms with Crippen molar-refractivity contribution in [3.63, 3.8) is 0 Å². The van der Waals surface area contributed by atoms with Crippen molar-refractivity contribution in [2.24, 2.45) is 5.10 Å². The zero-order chi connectivity index (χ0) is 13.2. The Balaban J connectivity index is 1.96. The third-order valence-corrected chi connectivity index (χ3v) is 3.00. The van der Waals surface area contributed by atoms with Crippen LogP contribution in [-0.4, -0.2) is 11.6 Å². The minimum Gasteiger partial charge on any atom is -0.399 e. The molecule has 1 aliphatic rings. The fraction of sp³-hybridized carbons (Fsp3) is 0.0667. The van der Waals surface area contributed by atoms with Crippen LogP contribution in [0, 0.1) is 0 Å². The summed E-state index contributed by atoms with van der Waals surface area (Å²) in [5.41, 5.74) is 8.86. The molecule has 0 fully saturated rings. The van der Waals surface area contributed by atoms with Gasteiger partial charge in [0.15, 0.2) is 0 Å². The van der Waals surface area contributed by atoms with Crippen LogP contribution in [0.2, 0.25) is 0 Å². The summed E-state index contributed by atoms with van der Waals surface area (Å²) in [6.07, 6.45) is 0.304. The lowest BCUT2D eigenvalue weighted by atomic mass is 10.1. The molecule has 0 spiro atoms. The highest BCUT2D eigenvalue weighted by Crippen LogP contribution is 2.23. The van der Waals surface area contributed by atoms with Crippen LogP contribution in [0.5, 0.6) is 0 Å². The van der Waals surface area contributed by atoms with Gasteiger partial charge in [0.05, 0.1) is 17.8 Å². The average molecular weight is 251 g/mol. The number of hydrogen-bond donors (Lipinski definition) is 1. The minimum atomic E-state index is -0.0244. The van der Waals surface area contributed by atoms with Crippen LogP contribution in [0.1, 0.15) is 12.0 Å². The van der Waals surface area contributed by atoms with Gasteiger partial charge < -0.3 is 5.73 Å². The molecular formula is C15H13N3O. The smallest absolute Gasteiger partial charge is 0.253 e. The molecule has 2 aromatic carbocycles. The number of nitrogen functional groups attached to an aromatic ring is 1. The number of carbonyl (C=O) groups excluding carboxylic acids is 1. The van der Waals surface area contributed by atoms with Gasteiger partial charge in [0.1, 0.15) is 0 Å². The molecule has 0 saturated carbocycles. The monoisotopic (exact) mass is 251 g/mol. The largest absolute Gasteiger partial charge is 0.399 e. The molecule has 0 unspecified atom stereocenters. The first-order valence-corrected chi connectivity index (χ1v) is 6.05. The third kappa shape index (κ3) is 2.20. The second-order valence-electron chi connectivity index (χ2n) is 4.39. The Morgan fingerprint density at radius 2 is 1.84 bits per heavy atom. The first-order valence-electron chi connectivity index (χ1n) is 6.05. The summed E-state index contributed by atoms with van der Waals surface area (Å²) in [6, 6.07) is 16.8. The van der Waals surface area contributed by atoms with Crippen LogP contribution in [-0.2, 0) is 4.79 Å². The van der Waals surface area contributed by atoms with Gasteiger partial charge in [-0.1, -0.05) is 30.3 Å². The van der Waals surface area contributed by atoms with E-state index in [1.165, 1.54) is 5.01 Å². The van der Waals surface area contributed by atoms with E-state index in [0.29, 0.717) is 12.1 Å². The van der Waals surface area contributed by atoms with E-state index in [1.54, 1.807) is 0 Å². The quantitative estimate of drug-likeness (QED) is 0.833. The normalized spacial score (nSPS) is 14.6. The summed E-state index contributed by atoms with van der Waals surface area (Å²) in [7, 11) is 0. The number of benzene rings is 2. The summed E-state index contributed by atoms with van der Waals surface area (Å²) in [5.74, 6) is -0.0244. The molecule has 0 aliphatic carbocycles. The molecule has 4 heteroatoms. The Morgan fingerprint density at radius 3 is 2.58 bits per heavy atom. The molecule has 3 rings (SSSR count). The van der Waals surface area contributed by atoms with Crippen molar-refractivity contribution in [3.05, 3.63) is 60.2 Å². The fourth-order valence-corrected chi connectivity index (χ4v) is 2.08. The van der Waals surface area contributed by atoms with Crippen molar-refractivity contribution in [2.75, 3.05) is 10.7 Å². The van der Waals surface area contributed by atoms with Crippen molar-refractivity contribution in [1.29, 1.82) is 0 Å². The Labute approximate surface area is 111 Å². The number of nitrogens with zero attached hydrogens (tertiary/aromatic N) is 2. The second kappa shape index (κ2) is 4.57. The molecule has 1 heterocycles. The van der Waals surface area contributed by atoms with Gasteiger partial charge in [-0.25, -0.2) is 5.01 Å². The van der Waals surface area contributed by atoms with E-state index in [2.05, 4.69) is 5.10 Å². The van der Waals surface area contributed by atoms with Crippen LogP contribution in [0.15, 0.2) is 59.7 Å². The van der Waals surface area contributed by atoms with Crippen molar-refractivity contribution in [3.8, 4) is 0 Å². The Kier molecular flexibility index (Phi) is 2.76. The van der Waals surface area contributed by atoms with Crippen molar-refractivity contribution in [2.45, 2.75) is 6.42 Å². The molecule has 0 radical (unpaired) electrons.